The third-order valence-corrected chi connectivity index (χ3v) is 2.65. The van der Waals surface area contributed by atoms with Gasteiger partial charge in [0.05, 0.1) is 30.8 Å². The smallest absolute Gasteiger partial charge is 0.345 e. The number of methoxy groups -OCH3 is 1. The molecule has 9 nitrogen and oxygen atoms in total. The minimum absolute atomic E-state index is 0.0548. The van der Waals surface area contributed by atoms with Crippen molar-refractivity contribution in [2.75, 3.05) is 40.1 Å². The highest BCUT2D eigenvalue weighted by molar-refractivity contribution is 5.95. The molecule has 0 fully saturated rings. The van der Waals surface area contributed by atoms with E-state index in [1.165, 1.54) is 13.2 Å². The average Bonchev–Trinajstić information content (AvgIpc) is 2.53. The van der Waals surface area contributed by atoms with Gasteiger partial charge in [-0.2, -0.15) is 0 Å². The van der Waals surface area contributed by atoms with Crippen molar-refractivity contribution in [3.63, 3.8) is 0 Å². The van der Waals surface area contributed by atoms with Crippen LogP contribution in [0.3, 0.4) is 0 Å². The van der Waals surface area contributed by atoms with Gasteiger partial charge in [0.15, 0.2) is 11.5 Å². The van der Waals surface area contributed by atoms with Gasteiger partial charge in [0.25, 0.3) is 5.69 Å². The molecule has 0 saturated heterocycles. The number of aliphatic hydroxyl groups is 1. The second kappa shape index (κ2) is 9.59. The molecule has 0 aliphatic rings. The molecule has 1 aromatic carbocycles. The molecular formula is C14H19NO8. The molecule has 9 heteroatoms. The summed E-state index contributed by atoms with van der Waals surface area (Å²) in [4.78, 5) is 22.3. The van der Waals surface area contributed by atoms with Crippen LogP contribution in [-0.2, 0) is 9.47 Å². The average molecular weight is 329 g/mol. The lowest BCUT2D eigenvalue weighted by Crippen LogP contribution is -2.12. The van der Waals surface area contributed by atoms with Crippen LogP contribution in [0.2, 0.25) is 0 Å². The molecule has 0 unspecified atom stereocenters. The van der Waals surface area contributed by atoms with E-state index >= 15 is 0 Å². The van der Waals surface area contributed by atoms with Crippen LogP contribution >= 0.6 is 0 Å². The van der Waals surface area contributed by atoms with E-state index in [2.05, 4.69) is 0 Å². The molecule has 0 heterocycles. The highest BCUT2D eigenvalue weighted by Crippen LogP contribution is 2.35. The van der Waals surface area contributed by atoms with Gasteiger partial charge in [-0.1, -0.05) is 0 Å². The second-order valence-electron chi connectivity index (χ2n) is 4.21. The Kier molecular flexibility index (Phi) is 7.78. The predicted molar refractivity (Wildman–Crippen MR) is 79.0 cm³/mol. The largest absolute Gasteiger partial charge is 0.487 e. The van der Waals surface area contributed by atoms with Gasteiger partial charge < -0.3 is 24.1 Å². The molecule has 0 radical (unpaired) electrons. The molecule has 0 aromatic heterocycles. The van der Waals surface area contributed by atoms with Crippen LogP contribution < -0.4 is 9.47 Å². The van der Waals surface area contributed by atoms with E-state index in [1.54, 1.807) is 6.92 Å². The third kappa shape index (κ3) is 5.38. The molecule has 0 spiro atoms. The summed E-state index contributed by atoms with van der Waals surface area (Å²) in [7, 11) is 1.48. The Hall–Kier alpha value is -2.39. The number of nitrogens with zero attached hydrogens (tertiary/aromatic N) is 1. The maximum absolute atomic E-state index is 11.9. The molecule has 0 bridgehead atoms. The minimum atomic E-state index is -0.837. The predicted octanol–water partition coefficient (Wildman–Crippen LogP) is 1.17. The Balaban J connectivity index is 3.23. The maximum Gasteiger partial charge on any atom is 0.345 e. The van der Waals surface area contributed by atoms with E-state index in [0.717, 1.165) is 6.07 Å². The summed E-state index contributed by atoms with van der Waals surface area (Å²) in [6, 6.07) is 2.27. The number of nitro groups is 1. The van der Waals surface area contributed by atoms with Crippen LogP contribution in [-0.4, -0.2) is 56.1 Å². The van der Waals surface area contributed by atoms with E-state index in [9.17, 15) is 14.9 Å². The van der Waals surface area contributed by atoms with Crippen LogP contribution in [0, 0.1) is 10.1 Å². The van der Waals surface area contributed by atoms with E-state index in [1.807, 2.05) is 0 Å². The number of aliphatic hydroxyl groups excluding tert-OH is 1. The first-order valence-electron chi connectivity index (χ1n) is 6.90. The third-order valence-electron chi connectivity index (χ3n) is 2.65. The first kappa shape index (κ1) is 18.7. The molecule has 128 valence electrons. The Morgan fingerprint density at radius 1 is 1.22 bits per heavy atom. The monoisotopic (exact) mass is 329 g/mol. The summed E-state index contributed by atoms with van der Waals surface area (Å²) in [5, 5.41) is 20.0. The number of carbonyl (C=O) groups excluding carboxylic acids is 1. The fourth-order valence-electron chi connectivity index (χ4n) is 1.69. The van der Waals surface area contributed by atoms with Crippen molar-refractivity contribution in [3.8, 4) is 11.5 Å². The van der Waals surface area contributed by atoms with E-state index in [-0.39, 0.29) is 50.1 Å². The van der Waals surface area contributed by atoms with Gasteiger partial charge in [-0.3, -0.25) is 10.1 Å². The molecule has 0 aliphatic carbocycles. The standard InChI is InChI=1S/C14H19NO8/c1-3-21-14(17)10-8-12(22-5-4-16)13(23-7-6-20-2)9-11(10)15(18)19/h8-9,16H,3-7H2,1-2H3. The topological polar surface area (TPSA) is 117 Å². The molecule has 0 amide bonds. The molecule has 1 rings (SSSR count). The first-order chi connectivity index (χ1) is 11.0. The van der Waals surface area contributed by atoms with Crippen LogP contribution in [0.25, 0.3) is 0 Å². The SMILES string of the molecule is CCOC(=O)c1cc(OCCO)c(OCCOC)cc1[N+](=O)[O-]. The summed E-state index contributed by atoms with van der Waals surface area (Å²) in [5.74, 6) is -0.657. The zero-order valence-electron chi connectivity index (χ0n) is 12.9. The van der Waals surface area contributed by atoms with Gasteiger partial charge >= 0.3 is 5.97 Å². The zero-order chi connectivity index (χ0) is 17.2. The van der Waals surface area contributed by atoms with Crippen molar-refractivity contribution in [2.45, 2.75) is 6.92 Å². The quantitative estimate of drug-likeness (QED) is 0.294. The number of benzene rings is 1. The zero-order valence-corrected chi connectivity index (χ0v) is 12.9. The fourth-order valence-corrected chi connectivity index (χ4v) is 1.69. The Labute approximate surface area is 132 Å². The maximum atomic E-state index is 11.9. The normalized spacial score (nSPS) is 10.2. The van der Waals surface area contributed by atoms with Crippen molar-refractivity contribution in [2.24, 2.45) is 0 Å². The molecule has 0 aliphatic heterocycles. The fraction of sp³-hybridized carbons (Fsp3) is 0.500. The number of carbonyl (C=O) groups is 1. The number of hydrogen-bond acceptors (Lipinski definition) is 8. The van der Waals surface area contributed by atoms with Crippen LogP contribution in [0.5, 0.6) is 11.5 Å². The summed E-state index contributed by atoms with van der Waals surface area (Å²) in [5.41, 5.74) is -0.698. The molecule has 1 N–H and O–H groups in total. The molecule has 1 aromatic rings. The Morgan fingerprint density at radius 3 is 2.43 bits per heavy atom. The van der Waals surface area contributed by atoms with Gasteiger partial charge in [-0.05, 0) is 6.92 Å². The molecule has 0 saturated carbocycles. The van der Waals surface area contributed by atoms with Gasteiger partial charge in [-0.15, -0.1) is 0 Å². The lowest BCUT2D eigenvalue weighted by molar-refractivity contribution is -0.385. The number of rotatable bonds is 10. The molecule has 23 heavy (non-hydrogen) atoms. The first-order valence-corrected chi connectivity index (χ1v) is 6.90. The van der Waals surface area contributed by atoms with Gasteiger partial charge in [-0.25, -0.2) is 4.79 Å². The molecular weight excluding hydrogens is 310 g/mol. The van der Waals surface area contributed by atoms with Crippen LogP contribution in [0.1, 0.15) is 17.3 Å². The number of esters is 1. The van der Waals surface area contributed by atoms with Crippen LogP contribution in [0.4, 0.5) is 5.69 Å². The lowest BCUT2D eigenvalue weighted by atomic mass is 10.1. The Morgan fingerprint density at radius 2 is 1.87 bits per heavy atom. The summed E-state index contributed by atoms with van der Waals surface area (Å²) in [6.45, 7) is 1.77. The summed E-state index contributed by atoms with van der Waals surface area (Å²) < 4.78 is 20.3. The summed E-state index contributed by atoms with van der Waals surface area (Å²) in [6.07, 6.45) is 0. The van der Waals surface area contributed by atoms with Gasteiger partial charge in [0, 0.05) is 13.2 Å². The highest BCUT2D eigenvalue weighted by Gasteiger charge is 2.26. The highest BCUT2D eigenvalue weighted by atomic mass is 16.6. The van der Waals surface area contributed by atoms with Crippen molar-refractivity contribution < 1.29 is 33.8 Å². The Bertz CT molecular complexity index is 546. The minimum Gasteiger partial charge on any atom is -0.487 e. The van der Waals surface area contributed by atoms with Crippen molar-refractivity contribution in [3.05, 3.63) is 27.8 Å². The van der Waals surface area contributed by atoms with Crippen molar-refractivity contribution >= 4 is 11.7 Å². The lowest BCUT2D eigenvalue weighted by Gasteiger charge is -2.13. The van der Waals surface area contributed by atoms with E-state index in [4.69, 9.17) is 24.1 Å². The number of nitro benzene ring substituents is 1. The number of hydrogen-bond donors (Lipinski definition) is 1. The number of ether oxygens (including phenoxy) is 4. The second-order valence-corrected chi connectivity index (χ2v) is 4.21. The molecule has 0 atom stereocenters. The van der Waals surface area contributed by atoms with E-state index < -0.39 is 16.6 Å². The van der Waals surface area contributed by atoms with Crippen molar-refractivity contribution in [1.82, 2.24) is 0 Å². The van der Waals surface area contributed by atoms with E-state index in [0.29, 0.717) is 0 Å². The van der Waals surface area contributed by atoms with Gasteiger partial charge in [0.1, 0.15) is 18.8 Å². The van der Waals surface area contributed by atoms with Crippen molar-refractivity contribution in [1.29, 1.82) is 0 Å². The van der Waals surface area contributed by atoms with Crippen LogP contribution in [0.15, 0.2) is 12.1 Å². The van der Waals surface area contributed by atoms with Gasteiger partial charge in [0.2, 0.25) is 0 Å². The summed E-state index contributed by atoms with van der Waals surface area (Å²) >= 11 is 0.